The first-order chi connectivity index (χ1) is 10.0. The molecule has 1 fully saturated rings. The van der Waals surface area contributed by atoms with Crippen molar-refractivity contribution in [1.82, 2.24) is 5.32 Å². The predicted molar refractivity (Wildman–Crippen MR) is 82.1 cm³/mol. The summed E-state index contributed by atoms with van der Waals surface area (Å²) in [5.41, 5.74) is 0.706. The molecule has 1 saturated carbocycles. The number of ether oxygens (including phenoxy) is 1. The molecule has 0 saturated heterocycles. The van der Waals surface area contributed by atoms with Crippen molar-refractivity contribution in [3.63, 3.8) is 0 Å². The third-order valence-electron chi connectivity index (χ3n) is 2.91. The number of carbonyl (C=O) groups excluding carboxylic acids is 1. The Bertz CT molecular complexity index is 567. The molecule has 112 valence electrons. The molecule has 0 bridgehead atoms. The Hall–Kier alpha value is -1.82. The lowest BCUT2D eigenvalue weighted by atomic mass is 10.2. The number of carbonyl (C=O) groups is 2. The lowest BCUT2D eigenvalue weighted by molar-refractivity contribution is -0.131. The first-order valence-electron chi connectivity index (χ1n) is 6.67. The molecule has 0 heterocycles. The van der Waals surface area contributed by atoms with Gasteiger partial charge in [-0.2, -0.15) is 0 Å². The largest absolute Gasteiger partial charge is 0.493 e. The normalized spacial score (nSPS) is 14.1. The zero-order chi connectivity index (χ0) is 15.2. The molecule has 21 heavy (non-hydrogen) atoms. The summed E-state index contributed by atoms with van der Waals surface area (Å²) in [5, 5.41) is 11.5. The average molecular weight is 354 g/mol. The zero-order valence-electron chi connectivity index (χ0n) is 11.3. The molecule has 5 nitrogen and oxygen atoms in total. The van der Waals surface area contributed by atoms with Gasteiger partial charge in [-0.3, -0.25) is 4.79 Å². The number of hydrogen-bond donors (Lipinski definition) is 2. The van der Waals surface area contributed by atoms with Crippen LogP contribution in [0.3, 0.4) is 0 Å². The van der Waals surface area contributed by atoms with Gasteiger partial charge in [0.1, 0.15) is 5.75 Å². The summed E-state index contributed by atoms with van der Waals surface area (Å²) in [6.45, 7) is 0.294. The molecule has 1 aromatic rings. The van der Waals surface area contributed by atoms with Gasteiger partial charge >= 0.3 is 5.97 Å². The van der Waals surface area contributed by atoms with Crippen LogP contribution in [0.15, 0.2) is 28.7 Å². The second-order valence-corrected chi connectivity index (χ2v) is 5.65. The first kappa shape index (κ1) is 15.6. The molecule has 2 N–H and O–H groups in total. The molecule has 1 aliphatic carbocycles. The number of carboxylic acid groups (broad SMARTS) is 1. The molecule has 2 rings (SSSR count). The first-order valence-corrected chi connectivity index (χ1v) is 7.46. The molecule has 0 aromatic heterocycles. The molecular weight excluding hydrogens is 338 g/mol. The van der Waals surface area contributed by atoms with Gasteiger partial charge in [-0.25, -0.2) is 4.79 Å². The van der Waals surface area contributed by atoms with Crippen molar-refractivity contribution in [1.29, 1.82) is 0 Å². The van der Waals surface area contributed by atoms with Crippen molar-refractivity contribution >= 4 is 33.9 Å². The van der Waals surface area contributed by atoms with Gasteiger partial charge in [0.05, 0.1) is 13.0 Å². The quantitative estimate of drug-likeness (QED) is 0.738. The van der Waals surface area contributed by atoms with Gasteiger partial charge in [-0.1, -0.05) is 15.9 Å². The van der Waals surface area contributed by atoms with E-state index >= 15 is 0 Å². The minimum atomic E-state index is -1.01. The Labute approximate surface area is 131 Å². The third-order valence-corrected chi connectivity index (χ3v) is 3.64. The van der Waals surface area contributed by atoms with E-state index in [0.717, 1.165) is 23.4 Å². The Morgan fingerprint density at radius 3 is 2.86 bits per heavy atom. The van der Waals surface area contributed by atoms with Crippen molar-refractivity contribution in [2.45, 2.75) is 25.3 Å². The van der Waals surface area contributed by atoms with Gasteiger partial charge in [0.15, 0.2) is 0 Å². The Balaban J connectivity index is 1.86. The summed E-state index contributed by atoms with van der Waals surface area (Å²) in [4.78, 5) is 22.0. The highest BCUT2D eigenvalue weighted by molar-refractivity contribution is 9.10. The van der Waals surface area contributed by atoms with E-state index in [1.54, 1.807) is 18.2 Å². The van der Waals surface area contributed by atoms with Gasteiger partial charge in [0, 0.05) is 16.6 Å². The lowest BCUT2D eigenvalue weighted by Gasteiger charge is -2.08. The van der Waals surface area contributed by atoms with Crippen molar-refractivity contribution in [3.05, 3.63) is 34.3 Å². The summed E-state index contributed by atoms with van der Waals surface area (Å²) in [6, 6.07) is 5.63. The van der Waals surface area contributed by atoms with Crippen LogP contribution in [0.2, 0.25) is 0 Å². The average Bonchev–Trinajstić information content (AvgIpc) is 3.23. The van der Waals surface area contributed by atoms with E-state index in [-0.39, 0.29) is 5.91 Å². The van der Waals surface area contributed by atoms with Gasteiger partial charge in [0.25, 0.3) is 0 Å². The van der Waals surface area contributed by atoms with Crippen LogP contribution in [0.5, 0.6) is 5.75 Å². The molecule has 0 atom stereocenters. The van der Waals surface area contributed by atoms with E-state index in [1.165, 1.54) is 6.08 Å². The minimum absolute atomic E-state index is 0.000563. The van der Waals surface area contributed by atoms with Gasteiger partial charge in [0.2, 0.25) is 5.91 Å². The molecule has 0 unspecified atom stereocenters. The highest BCUT2D eigenvalue weighted by atomic mass is 79.9. The van der Waals surface area contributed by atoms with Crippen molar-refractivity contribution in [3.8, 4) is 5.75 Å². The van der Waals surface area contributed by atoms with Crippen LogP contribution in [-0.2, 0) is 9.59 Å². The number of halogens is 1. The molecule has 0 spiro atoms. The molecular formula is C15H16BrNO4. The maximum absolute atomic E-state index is 11.5. The summed E-state index contributed by atoms with van der Waals surface area (Å²) in [5.74, 6) is -0.409. The fourth-order valence-electron chi connectivity index (χ4n) is 1.69. The van der Waals surface area contributed by atoms with Gasteiger partial charge in [-0.05, 0) is 42.7 Å². The SMILES string of the molecule is O=C(O)/C=C/c1cc(OCCC(=O)NC2CC2)ccc1Br. The van der Waals surface area contributed by atoms with Gasteiger partial charge < -0.3 is 15.2 Å². The van der Waals surface area contributed by atoms with Crippen LogP contribution in [0.1, 0.15) is 24.8 Å². The molecule has 1 aromatic carbocycles. The molecule has 6 heteroatoms. The highest BCUT2D eigenvalue weighted by Gasteiger charge is 2.22. The molecule has 0 radical (unpaired) electrons. The van der Waals surface area contributed by atoms with E-state index in [1.807, 2.05) is 0 Å². The smallest absolute Gasteiger partial charge is 0.328 e. The van der Waals surface area contributed by atoms with Crippen molar-refractivity contribution in [2.75, 3.05) is 6.61 Å². The van der Waals surface area contributed by atoms with E-state index in [9.17, 15) is 9.59 Å². The van der Waals surface area contributed by atoms with Crippen LogP contribution in [-0.4, -0.2) is 29.6 Å². The van der Waals surface area contributed by atoms with Crippen LogP contribution in [0, 0.1) is 0 Å². The minimum Gasteiger partial charge on any atom is -0.493 e. The number of hydrogen-bond acceptors (Lipinski definition) is 3. The number of rotatable bonds is 7. The Morgan fingerprint density at radius 2 is 2.19 bits per heavy atom. The molecule has 1 aliphatic rings. The molecule has 0 aliphatic heterocycles. The van der Waals surface area contributed by atoms with E-state index < -0.39 is 5.97 Å². The second kappa shape index (κ2) is 7.26. The van der Waals surface area contributed by atoms with Crippen LogP contribution in [0.25, 0.3) is 6.08 Å². The topological polar surface area (TPSA) is 75.6 Å². The summed E-state index contributed by atoms with van der Waals surface area (Å²) >= 11 is 3.34. The molecule has 1 amide bonds. The number of amides is 1. The fourth-order valence-corrected chi connectivity index (χ4v) is 2.07. The Morgan fingerprint density at radius 1 is 1.43 bits per heavy atom. The third kappa shape index (κ3) is 5.59. The number of nitrogens with one attached hydrogen (secondary N) is 1. The van der Waals surface area contributed by atoms with Crippen LogP contribution in [0.4, 0.5) is 0 Å². The fraction of sp³-hybridized carbons (Fsp3) is 0.333. The van der Waals surface area contributed by atoms with Crippen molar-refractivity contribution in [2.24, 2.45) is 0 Å². The summed E-state index contributed by atoms with van der Waals surface area (Å²) in [7, 11) is 0. The maximum Gasteiger partial charge on any atom is 0.328 e. The van der Waals surface area contributed by atoms with Gasteiger partial charge in [-0.15, -0.1) is 0 Å². The second-order valence-electron chi connectivity index (χ2n) is 4.80. The maximum atomic E-state index is 11.5. The summed E-state index contributed by atoms with van der Waals surface area (Å²) < 4.78 is 6.29. The van der Waals surface area contributed by atoms with E-state index in [0.29, 0.717) is 30.4 Å². The Kier molecular flexibility index (Phi) is 5.38. The van der Waals surface area contributed by atoms with E-state index in [2.05, 4.69) is 21.2 Å². The monoisotopic (exact) mass is 353 g/mol. The van der Waals surface area contributed by atoms with E-state index in [4.69, 9.17) is 9.84 Å². The number of carboxylic acids is 1. The standard InChI is InChI=1S/C15H16BrNO4/c16-13-5-4-12(9-10(13)1-6-15(19)20)21-8-7-14(18)17-11-2-3-11/h1,4-6,9,11H,2-3,7-8H2,(H,17,18)(H,19,20)/b6-1+. The predicted octanol–water partition coefficient (Wildman–Crippen LogP) is 2.59. The highest BCUT2D eigenvalue weighted by Crippen LogP contribution is 2.24. The lowest BCUT2D eigenvalue weighted by Crippen LogP contribution is -2.26. The van der Waals surface area contributed by atoms with Crippen molar-refractivity contribution < 1.29 is 19.4 Å². The number of aliphatic carboxylic acids is 1. The van der Waals surface area contributed by atoms with Crippen LogP contribution < -0.4 is 10.1 Å². The number of benzene rings is 1. The zero-order valence-corrected chi connectivity index (χ0v) is 12.9. The summed E-state index contributed by atoms with van der Waals surface area (Å²) in [6.07, 6.45) is 5.00. The van der Waals surface area contributed by atoms with Crippen LogP contribution >= 0.6 is 15.9 Å².